The predicted molar refractivity (Wildman–Crippen MR) is 71.8 cm³/mol. The largest absolute Gasteiger partial charge is 0.275 e. The number of allylic oxidation sites excluding steroid dienone is 2. The Hall–Kier alpha value is -1.40. The molecule has 0 fully saturated rings. The van der Waals surface area contributed by atoms with Crippen LogP contribution in [0.2, 0.25) is 0 Å². The first-order valence-corrected chi connectivity index (χ1v) is 6.19. The number of hydroxylamine groups is 4. The number of carbonyl (C=O) groups is 2. The Balaban J connectivity index is 3.96. The highest BCUT2D eigenvalue weighted by atomic mass is 16.7. The summed E-state index contributed by atoms with van der Waals surface area (Å²) in [5, 5.41) is 2.42. The standard InChI is InChI=1S/C13H24N2O4/c1-11(9-10-13(17)15(3)19-5)7-6-8-12(16)14(2)18-4/h7H,6,8-10H2,1-5H3/b11-7+. The van der Waals surface area contributed by atoms with Crippen LogP contribution in [0.5, 0.6) is 0 Å². The number of hydrogen-bond acceptors (Lipinski definition) is 4. The van der Waals surface area contributed by atoms with Gasteiger partial charge in [-0.1, -0.05) is 11.6 Å². The SMILES string of the molecule is CON(C)C(=O)CC/C=C(\C)CCC(=O)N(C)OC. The van der Waals surface area contributed by atoms with Gasteiger partial charge in [0.1, 0.15) is 0 Å². The molecule has 0 atom stereocenters. The first-order valence-electron chi connectivity index (χ1n) is 6.19. The van der Waals surface area contributed by atoms with E-state index in [0.29, 0.717) is 25.7 Å². The molecule has 6 heteroatoms. The number of hydrogen-bond donors (Lipinski definition) is 0. The van der Waals surface area contributed by atoms with Crippen LogP contribution in [0.3, 0.4) is 0 Å². The second-order valence-electron chi connectivity index (χ2n) is 4.24. The molecular weight excluding hydrogens is 248 g/mol. The summed E-state index contributed by atoms with van der Waals surface area (Å²) in [4.78, 5) is 32.5. The minimum absolute atomic E-state index is 0.0644. The van der Waals surface area contributed by atoms with E-state index in [1.165, 1.54) is 24.3 Å². The molecule has 0 spiro atoms. The first-order chi connectivity index (χ1) is 8.92. The van der Waals surface area contributed by atoms with Gasteiger partial charge in [-0.25, -0.2) is 10.1 Å². The van der Waals surface area contributed by atoms with Crippen molar-refractivity contribution in [2.45, 2.75) is 32.6 Å². The molecule has 6 nitrogen and oxygen atoms in total. The Labute approximate surface area is 114 Å². The Kier molecular flexibility index (Phi) is 8.82. The first kappa shape index (κ1) is 17.6. The lowest BCUT2D eigenvalue weighted by atomic mass is 10.1. The lowest BCUT2D eigenvalue weighted by Crippen LogP contribution is -2.25. The van der Waals surface area contributed by atoms with Crippen molar-refractivity contribution < 1.29 is 19.3 Å². The molecule has 0 heterocycles. The minimum atomic E-state index is -0.0678. The van der Waals surface area contributed by atoms with Gasteiger partial charge in [0.05, 0.1) is 14.2 Å². The van der Waals surface area contributed by atoms with Crippen LogP contribution in [-0.4, -0.2) is 50.3 Å². The monoisotopic (exact) mass is 272 g/mol. The molecule has 0 radical (unpaired) electrons. The van der Waals surface area contributed by atoms with Crippen LogP contribution in [-0.2, 0) is 19.3 Å². The van der Waals surface area contributed by atoms with Crippen LogP contribution >= 0.6 is 0 Å². The van der Waals surface area contributed by atoms with E-state index in [1.807, 2.05) is 13.0 Å². The van der Waals surface area contributed by atoms with Crippen molar-refractivity contribution in [3.8, 4) is 0 Å². The zero-order chi connectivity index (χ0) is 14.8. The van der Waals surface area contributed by atoms with Crippen LogP contribution in [0.15, 0.2) is 11.6 Å². The molecule has 2 amide bonds. The average molecular weight is 272 g/mol. The number of nitrogens with zero attached hydrogens (tertiary/aromatic N) is 2. The van der Waals surface area contributed by atoms with Gasteiger partial charge in [-0.3, -0.25) is 19.3 Å². The zero-order valence-electron chi connectivity index (χ0n) is 12.4. The van der Waals surface area contributed by atoms with E-state index in [-0.39, 0.29) is 11.8 Å². The van der Waals surface area contributed by atoms with Crippen LogP contribution in [0.25, 0.3) is 0 Å². The van der Waals surface area contributed by atoms with Crippen molar-refractivity contribution in [1.29, 1.82) is 0 Å². The molecule has 0 saturated carbocycles. The summed E-state index contributed by atoms with van der Waals surface area (Å²) in [6, 6.07) is 0. The smallest absolute Gasteiger partial charge is 0.246 e. The van der Waals surface area contributed by atoms with Crippen molar-refractivity contribution in [2.24, 2.45) is 0 Å². The molecular formula is C13H24N2O4. The van der Waals surface area contributed by atoms with Gasteiger partial charge in [0, 0.05) is 26.9 Å². The molecule has 0 saturated heterocycles. The fourth-order valence-corrected chi connectivity index (χ4v) is 1.37. The number of amides is 2. The lowest BCUT2D eigenvalue weighted by Gasteiger charge is -2.13. The van der Waals surface area contributed by atoms with Gasteiger partial charge in [-0.15, -0.1) is 0 Å². The maximum Gasteiger partial charge on any atom is 0.246 e. The van der Waals surface area contributed by atoms with Crippen molar-refractivity contribution in [3.05, 3.63) is 11.6 Å². The molecule has 0 N–H and O–H groups in total. The van der Waals surface area contributed by atoms with Gasteiger partial charge < -0.3 is 0 Å². The van der Waals surface area contributed by atoms with Gasteiger partial charge in [-0.05, 0) is 19.8 Å². The van der Waals surface area contributed by atoms with E-state index in [1.54, 1.807) is 14.1 Å². The van der Waals surface area contributed by atoms with E-state index in [9.17, 15) is 9.59 Å². The minimum Gasteiger partial charge on any atom is -0.275 e. The summed E-state index contributed by atoms with van der Waals surface area (Å²) in [5.41, 5.74) is 1.09. The van der Waals surface area contributed by atoms with E-state index in [2.05, 4.69) is 0 Å². The number of rotatable bonds is 8. The summed E-state index contributed by atoms with van der Waals surface area (Å²) in [6.07, 6.45) is 4.08. The molecule has 0 aliphatic carbocycles. The van der Waals surface area contributed by atoms with Crippen molar-refractivity contribution >= 4 is 11.8 Å². The molecule has 0 unspecified atom stereocenters. The van der Waals surface area contributed by atoms with Crippen molar-refractivity contribution in [1.82, 2.24) is 10.1 Å². The Morgan fingerprint density at radius 2 is 1.42 bits per heavy atom. The van der Waals surface area contributed by atoms with Crippen LogP contribution in [0.1, 0.15) is 32.6 Å². The summed E-state index contributed by atoms with van der Waals surface area (Å²) in [6.45, 7) is 1.95. The highest BCUT2D eigenvalue weighted by molar-refractivity contribution is 5.75. The van der Waals surface area contributed by atoms with Gasteiger partial charge >= 0.3 is 0 Å². The topological polar surface area (TPSA) is 59.1 Å². The Morgan fingerprint density at radius 3 is 1.89 bits per heavy atom. The van der Waals surface area contributed by atoms with E-state index in [0.717, 1.165) is 5.57 Å². The Morgan fingerprint density at radius 1 is 0.947 bits per heavy atom. The van der Waals surface area contributed by atoms with Crippen LogP contribution < -0.4 is 0 Å². The van der Waals surface area contributed by atoms with Crippen LogP contribution in [0.4, 0.5) is 0 Å². The average Bonchev–Trinajstić information content (AvgIpc) is 2.42. The summed E-state index contributed by atoms with van der Waals surface area (Å²) in [5.74, 6) is -0.132. The van der Waals surface area contributed by atoms with Crippen LogP contribution in [0, 0.1) is 0 Å². The molecule has 110 valence electrons. The summed E-state index contributed by atoms with van der Waals surface area (Å²) < 4.78 is 0. The maximum atomic E-state index is 11.5. The molecule has 0 aromatic carbocycles. The van der Waals surface area contributed by atoms with E-state index < -0.39 is 0 Å². The second kappa shape index (κ2) is 9.52. The highest BCUT2D eigenvalue weighted by Gasteiger charge is 2.08. The third-order valence-electron chi connectivity index (χ3n) is 2.83. The Bertz CT molecular complexity index is 329. The van der Waals surface area contributed by atoms with Gasteiger partial charge in [0.2, 0.25) is 11.8 Å². The lowest BCUT2D eigenvalue weighted by molar-refractivity contribution is -0.169. The van der Waals surface area contributed by atoms with E-state index in [4.69, 9.17) is 9.68 Å². The molecule has 0 aliphatic heterocycles. The van der Waals surface area contributed by atoms with E-state index >= 15 is 0 Å². The van der Waals surface area contributed by atoms with Gasteiger partial charge in [0.25, 0.3) is 0 Å². The highest BCUT2D eigenvalue weighted by Crippen LogP contribution is 2.08. The predicted octanol–water partition coefficient (Wildman–Crippen LogP) is 1.53. The fourth-order valence-electron chi connectivity index (χ4n) is 1.37. The molecule has 0 aromatic rings. The van der Waals surface area contributed by atoms with Gasteiger partial charge in [0.15, 0.2) is 0 Å². The molecule has 0 aromatic heterocycles. The zero-order valence-corrected chi connectivity index (χ0v) is 12.4. The van der Waals surface area contributed by atoms with Gasteiger partial charge in [-0.2, -0.15) is 0 Å². The van der Waals surface area contributed by atoms with Crippen molar-refractivity contribution in [3.63, 3.8) is 0 Å². The second-order valence-corrected chi connectivity index (χ2v) is 4.24. The maximum absolute atomic E-state index is 11.5. The molecule has 0 rings (SSSR count). The molecule has 0 bridgehead atoms. The molecule has 19 heavy (non-hydrogen) atoms. The normalized spacial score (nSPS) is 11.3. The number of carbonyl (C=O) groups excluding carboxylic acids is 2. The fraction of sp³-hybridized carbons (Fsp3) is 0.692. The third-order valence-corrected chi connectivity index (χ3v) is 2.83. The quantitative estimate of drug-likeness (QED) is 0.496. The third kappa shape index (κ3) is 7.58. The molecule has 0 aliphatic rings. The van der Waals surface area contributed by atoms with Crippen molar-refractivity contribution in [2.75, 3.05) is 28.3 Å². The summed E-state index contributed by atoms with van der Waals surface area (Å²) >= 11 is 0. The summed E-state index contributed by atoms with van der Waals surface area (Å²) in [7, 11) is 6.08.